The van der Waals surface area contributed by atoms with E-state index in [2.05, 4.69) is 5.32 Å². The smallest absolute Gasteiger partial charge is 0.270 e. The second kappa shape index (κ2) is 9.00. The Morgan fingerprint density at radius 2 is 1.84 bits per heavy atom. The van der Waals surface area contributed by atoms with Crippen LogP contribution in [-0.4, -0.2) is 64.0 Å². The molecule has 0 saturated carbocycles. The Labute approximate surface area is 180 Å². The predicted molar refractivity (Wildman–Crippen MR) is 116 cm³/mol. The average Bonchev–Trinajstić information content (AvgIpc) is 2.75. The Balaban J connectivity index is 1.94. The summed E-state index contributed by atoms with van der Waals surface area (Å²) in [7, 11) is -0.313. The fraction of sp³-hybridized carbons (Fsp3) is 0.350. The molecule has 1 aliphatic heterocycles. The van der Waals surface area contributed by atoms with Gasteiger partial charge in [0.2, 0.25) is 10.0 Å². The third-order valence-electron chi connectivity index (χ3n) is 4.95. The lowest BCUT2D eigenvalue weighted by Gasteiger charge is -2.27. The number of morpholine rings is 1. The Morgan fingerprint density at radius 3 is 2.45 bits per heavy atom. The zero-order valence-electron chi connectivity index (χ0n) is 17.5. The molecule has 1 N–H and O–H groups in total. The number of nitrogens with zero attached hydrogens (tertiary/aromatic N) is 3. The van der Waals surface area contributed by atoms with Gasteiger partial charge in [0.05, 0.1) is 28.6 Å². The van der Waals surface area contributed by atoms with E-state index in [1.54, 1.807) is 38.1 Å². The van der Waals surface area contributed by atoms with Crippen molar-refractivity contribution < 1.29 is 22.9 Å². The predicted octanol–water partition coefficient (Wildman–Crippen LogP) is 2.24. The molecule has 3 rings (SSSR count). The van der Waals surface area contributed by atoms with Gasteiger partial charge in [0, 0.05) is 50.7 Å². The SMILES string of the molecule is Cc1ccc(NC(=O)c2cc([N+](=O)[O-])ccc2N(C)C)cc1S(=O)(=O)N1CCOCC1. The van der Waals surface area contributed by atoms with Gasteiger partial charge in [-0.2, -0.15) is 4.31 Å². The van der Waals surface area contributed by atoms with Crippen LogP contribution in [0.1, 0.15) is 15.9 Å². The normalized spacial score (nSPS) is 14.8. The number of carbonyl (C=O) groups excluding carboxylic acids is 1. The molecule has 31 heavy (non-hydrogen) atoms. The second-order valence-corrected chi connectivity index (χ2v) is 9.21. The fourth-order valence-electron chi connectivity index (χ4n) is 3.29. The molecular formula is C20H24N4O6S. The van der Waals surface area contributed by atoms with E-state index in [1.807, 2.05) is 0 Å². The molecule has 0 radical (unpaired) electrons. The number of aryl methyl sites for hydroxylation is 1. The van der Waals surface area contributed by atoms with Crippen LogP contribution in [0.2, 0.25) is 0 Å². The summed E-state index contributed by atoms with van der Waals surface area (Å²) < 4.78 is 32.7. The minimum absolute atomic E-state index is 0.0964. The quantitative estimate of drug-likeness (QED) is 0.531. The van der Waals surface area contributed by atoms with Crippen molar-refractivity contribution in [2.24, 2.45) is 0 Å². The summed E-state index contributed by atoms with van der Waals surface area (Å²) in [6.07, 6.45) is 0. The molecule has 1 saturated heterocycles. The first kappa shape index (κ1) is 22.7. The molecule has 1 fully saturated rings. The number of nitro benzene ring substituents is 1. The number of amides is 1. The number of anilines is 2. The van der Waals surface area contributed by atoms with Crippen LogP contribution in [0.15, 0.2) is 41.3 Å². The average molecular weight is 449 g/mol. The van der Waals surface area contributed by atoms with Gasteiger partial charge in [-0.25, -0.2) is 8.42 Å². The number of hydrogen-bond donors (Lipinski definition) is 1. The van der Waals surface area contributed by atoms with Crippen molar-refractivity contribution in [3.63, 3.8) is 0 Å². The summed E-state index contributed by atoms with van der Waals surface area (Å²) >= 11 is 0. The zero-order chi connectivity index (χ0) is 22.8. The van der Waals surface area contributed by atoms with Crippen molar-refractivity contribution in [2.75, 3.05) is 50.6 Å². The van der Waals surface area contributed by atoms with E-state index in [0.29, 0.717) is 24.5 Å². The summed E-state index contributed by atoms with van der Waals surface area (Å²) in [5.41, 5.74) is 1.22. The van der Waals surface area contributed by atoms with Crippen molar-refractivity contribution in [3.8, 4) is 0 Å². The molecule has 0 unspecified atom stereocenters. The maximum absolute atomic E-state index is 13.1. The third kappa shape index (κ3) is 4.84. The number of sulfonamides is 1. The van der Waals surface area contributed by atoms with Gasteiger partial charge in [-0.3, -0.25) is 14.9 Å². The number of benzene rings is 2. The van der Waals surface area contributed by atoms with Crippen LogP contribution in [0, 0.1) is 17.0 Å². The van der Waals surface area contributed by atoms with Gasteiger partial charge in [0.15, 0.2) is 0 Å². The molecule has 0 bridgehead atoms. The molecule has 2 aromatic rings. The number of non-ortho nitro benzene ring substituents is 1. The van der Waals surface area contributed by atoms with Gasteiger partial charge in [-0.05, 0) is 30.7 Å². The fourth-order valence-corrected chi connectivity index (χ4v) is 4.95. The molecule has 0 atom stereocenters. The molecule has 0 aliphatic carbocycles. The lowest BCUT2D eigenvalue weighted by atomic mass is 10.1. The maximum atomic E-state index is 13.1. The Morgan fingerprint density at radius 1 is 1.16 bits per heavy atom. The van der Waals surface area contributed by atoms with Crippen LogP contribution in [-0.2, 0) is 14.8 Å². The number of nitrogens with one attached hydrogen (secondary N) is 1. The van der Waals surface area contributed by atoms with Crippen LogP contribution >= 0.6 is 0 Å². The van der Waals surface area contributed by atoms with Crippen molar-refractivity contribution in [2.45, 2.75) is 11.8 Å². The minimum Gasteiger partial charge on any atom is -0.379 e. The zero-order valence-corrected chi connectivity index (χ0v) is 18.3. The largest absolute Gasteiger partial charge is 0.379 e. The van der Waals surface area contributed by atoms with E-state index in [0.717, 1.165) is 0 Å². The number of hydrogen-bond acceptors (Lipinski definition) is 7. The van der Waals surface area contributed by atoms with E-state index in [-0.39, 0.29) is 34.9 Å². The van der Waals surface area contributed by atoms with E-state index < -0.39 is 20.9 Å². The number of nitro groups is 1. The summed E-state index contributed by atoms with van der Waals surface area (Å²) in [5, 5.41) is 13.8. The van der Waals surface area contributed by atoms with Gasteiger partial charge >= 0.3 is 0 Å². The Kier molecular flexibility index (Phi) is 6.58. The van der Waals surface area contributed by atoms with Crippen LogP contribution < -0.4 is 10.2 Å². The highest BCUT2D eigenvalue weighted by Gasteiger charge is 2.28. The van der Waals surface area contributed by atoms with Crippen molar-refractivity contribution in [1.82, 2.24) is 4.31 Å². The molecule has 0 aromatic heterocycles. The van der Waals surface area contributed by atoms with Gasteiger partial charge in [0.25, 0.3) is 11.6 Å². The first-order chi connectivity index (χ1) is 14.6. The van der Waals surface area contributed by atoms with Crippen LogP contribution in [0.25, 0.3) is 0 Å². The molecular weight excluding hydrogens is 424 g/mol. The molecule has 0 spiro atoms. The summed E-state index contributed by atoms with van der Waals surface area (Å²) in [6.45, 7) is 2.86. The first-order valence-corrected chi connectivity index (χ1v) is 11.0. The summed E-state index contributed by atoms with van der Waals surface area (Å²) in [6, 6.07) is 8.64. The van der Waals surface area contributed by atoms with E-state index in [4.69, 9.17) is 4.74 Å². The lowest BCUT2D eigenvalue weighted by molar-refractivity contribution is -0.384. The van der Waals surface area contributed by atoms with E-state index >= 15 is 0 Å². The first-order valence-electron chi connectivity index (χ1n) is 9.57. The van der Waals surface area contributed by atoms with Crippen molar-refractivity contribution >= 4 is 33.0 Å². The minimum atomic E-state index is -3.75. The molecule has 166 valence electrons. The van der Waals surface area contributed by atoms with Crippen molar-refractivity contribution in [3.05, 3.63) is 57.6 Å². The number of ether oxygens (including phenoxy) is 1. The number of carbonyl (C=O) groups is 1. The standard InChI is InChI=1S/C20H24N4O6S/c1-14-4-5-15(12-19(14)31(28,29)23-8-10-30-11-9-23)21-20(25)17-13-16(24(26)27)6-7-18(17)22(2)3/h4-7,12-13H,8-11H2,1-3H3,(H,21,25). The summed E-state index contributed by atoms with van der Waals surface area (Å²) in [4.78, 5) is 25.3. The van der Waals surface area contributed by atoms with Gasteiger partial charge in [-0.15, -0.1) is 0 Å². The summed E-state index contributed by atoms with van der Waals surface area (Å²) in [5.74, 6) is -0.578. The molecule has 1 heterocycles. The number of rotatable bonds is 6. The molecule has 1 amide bonds. The highest BCUT2D eigenvalue weighted by Crippen LogP contribution is 2.27. The monoisotopic (exact) mass is 448 g/mol. The highest BCUT2D eigenvalue weighted by atomic mass is 32.2. The molecule has 10 nitrogen and oxygen atoms in total. The lowest BCUT2D eigenvalue weighted by Crippen LogP contribution is -2.40. The molecule has 2 aromatic carbocycles. The van der Waals surface area contributed by atoms with Crippen LogP contribution in [0.3, 0.4) is 0 Å². The highest BCUT2D eigenvalue weighted by molar-refractivity contribution is 7.89. The topological polar surface area (TPSA) is 122 Å². The van der Waals surface area contributed by atoms with Crippen molar-refractivity contribution in [1.29, 1.82) is 0 Å². The second-order valence-electron chi connectivity index (χ2n) is 7.30. The third-order valence-corrected chi connectivity index (χ3v) is 6.99. The van der Waals surface area contributed by atoms with Gasteiger partial charge < -0.3 is 15.0 Å². The Bertz CT molecular complexity index is 1110. The molecule has 11 heteroatoms. The maximum Gasteiger partial charge on any atom is 0.270 e. The Hall–Kier alpha value is -3.02. The van der Waals surface area contributed by atoms with Crippen LogP contribution in [0.5, 0.6) is 0 Å². The van der Waals surface area contributed by atoms with Crippen LogP contribution in [0.4, 0.5) is 17.1 Å². The van der Waals surface area contributed by atoms with E-state index in [9.17, 15) is 23.3 Å². The van der Waals surface area contributed by atoms with Gasteiger partial charge in [-0.1, -0.05) is 6.07 Å². The van der Waals surface area contributed by atoms with Gasteiger partial charge in [0.1, 0.15) is 0 Å². The van der Waals surface area contributed by atoms with E-state index in [1.165, 1.54) is 28.6 Å². The molecule has 1 aliphatic rings.